The van der Waals surface area contributed by atoms with Gasteiger partial charge in [-0.2, -0.15) is 9.43 Å². The van der Waals surface area contributed by atoms with Crippen LogP contribution in [0.3, 0.4) is 0 Å². The summed E-state index contributed by atoms with van der Waals surface area (Å²) in [4.78, 5) is 5.62. The van der Waals surface area contributed by atoms with E-state index in [9.17, 15) is 0 Å². The number of hydrogen-bond donors (Lipinski definition) is 0. The van der Waals surface area contributed by atoms with Crippen LogP contribution in [0.4, 0.5) is 0 Å². The van der Waals surface area contributed by atoms with Crippen molar-refractivity contribution in [1.82, 2.24) is 9.78 Å². The second kappa shape index (κ2) is 8.52. The molecule has 0 saturated heterocycles. The molecule has 23 heavy (non-hydrogen) atoms. The maximum atomic E-state index is 4.87. The summed E-state index contributed by atoms with van der Waals surface area (Å²) < 4.78 is 7.04. The van der Waals surface area contributed by atoms with Crippen LogP contribution in [-0.2, 0) is 28.6 Å². The molecule has 0 aliphatic heterocycles. The van der Waals surface area contributed by atoms with Crippen molar-refractivity contribution in [2.24, 2.45) is 0 Å². The molecule has 0 N–H and O–H groups in total. The van der Waals surface area contributed by atoms with Gasteiger partial charge < -0.3 is 0 Å². The Hall–Kier alpha value is -1.30. The lowest BCUT2D eigenvalue weighted by molar-refractivity contribution is -0.160. The van der Waals surface area contributed by atoms with Gasteiger partial charge in [0, 0.05) is 10.6 Å². The lowest BCUT2D eigenvalue weighted by atomic mass is 9.98. The van der Waals surface area contributed by atoms with Crippen molar-refractivity contribution in [2.45, 2.75) is 57.9 Å². The van der Waals surface area contributed by atoms with Gasteiger partial charge in [-0.3, -0.25) is 4.68 Å². The molecule has 5 heteroatoms. The van der Waals surface area contributed by atoms with Crippen LogP contribution in [0, 0.1) is 0 Å². The Morgan fingerprint density at radius 2 is 1.83 bits per heavy atom. The van der Waals surface area contributed by atoms with Gasteiger partial charge in [0.25, 0.3) is 0 Å². The lowest BCUT2D eigenvalue weighted by Gasteiger charge is -2.10. The summed E-state index contributed by atoms with van der Waals surface area (Å²) in [5.74, 6) is 0.513. The molecule has 2 rings (SSSR count). The van der Waals surface area contributed by atoms with Crippen LogP contribution in [0.2, 0.25) is 0 Å². The highest BCUT2D eigenvalue weighted by Gasteiger charge is 2.18. The highest BCUT2D eigenvalue weighted by Crippen LogP contribution is 2.26. The van der Waals surface area contributed by atoms with Crippen LogP contribution in [-0.4, -0.2) is 16.9 Å². The van der Waals surface area contributed by atoms with Gasteiger partial charge in [0.05, 0.1) is 31.4 Å². The summed E-state index contributed by atoms with van der Waals surface area (Å²) in [6.45, 7) is 9.70. The van der Waals surface area contributed by atoms with E-state index in [4.69, 9.17) is 9.43 Å². The number of rotatable bonds is 8. The summed E-state index contributed by atoms with van der Waals surface area (Å²) in [7, 11) is 1.50. The van der Waals surface area contributed by atoms with Crippen LogP contribution in [0.5, 0.6) is 0 Å². The Bertz CT molecular complexity index is 621. The molecule has 1 aromatic carbocycles. The molecule has 126 valence electrons. The van der Waals surface area contributed by atoms with Crippen molar-refractivity contribution < 1.29 is 9.22 Å². The first-order valence-electron chi connectivity index (χ1n) is 8.15. The fourth-order valence-corrected chi connectivity index (χ4v) is 3.29. The Morgan fingerprint density at radius 3 is 2.35 bits per heavy atom. The van der Waals surface area contributed by atoms with Crippen molar-refractivity contribution in [3.05, 3.63) is 46.8 Å². The number of benzene rings is 1. The number of nitrogens with zero attached hydrogens (tertiary/aromatic N) is 2. The first-order valence-corrected chi connectivity index (χ1v) is 8.89. The molecule has 0 aliphatic rings. The van der Waals surface area contributed by atoms with Gasteiger partial charge in [0.1, 0.15) is 0 Å². The Kier molecular flexibility index (Phi) is 6.69. The maximum Gasteiger partial charge on any atom is 0.0725 e. The third-order valence-electron chi connectivity index (χ3n) is 3.88. The van der Waals surface area contributed by atoms with E-state index in [1.54, 1.807) is 0 Å². The molecule has 0 amide bonds. The fourth-order valence-electron chi connectivity index (χ4n) is 2.89. The molecule has 2 aromatic rings. The minimum Gasteiger partial charge on any atom is -0.265 e. The van der Waals surface area contributed by atoms with Gasteiger partial charge in [0.15, 0.2) is 0 Å². The molecule has 0 fully saturated rings. The summed E-state index contributed by atoms with van der Waals surface area (Å²) >= 11 is 1.21. The second-order valence-electron chi connectivity index (χ2n) is 5.79. The first-order chi connectivity index (χ1) is 11.1. The highest BCUT2D eigenvalue weighted by molar-refractivity contribution is 7.94. The molecule has 0 aliphatic carbocycles. The second-order valence-corrected chi connectivity index (χ2v) is 6.56. The van der Waals surface area contributed by atoms with E-state index in [-0.39, 0.29) is 0 Å². The van der Waals surface area contributed by atoms with Gasteiger partial charge >= 0.3 is 0 Å². The number of hydrogen-bond acceptors (Lipinski definition) is 4. The van der Waals surface area contributed by atoms with E-state index in [0.29, 0.717) is 5.92 Å². The molecule has 0 atom stereocenters. The van der Waals surface area contributed by atoms with Crippen molar-refractivity contribution in [2.75, 3.05) is 7.11 Å². The smallest absolute Gasteiger partial charge is 0.0725 e. The Labute approximate surface area is 143 Å². The third kappa shape index (κ3) is 4.37. The largest absolute Gasteiger partial charge is 0.265 e. The zero-order chi connectivity index (χ0) is 16.8. The predicted octanol–water partition coefficient (Wildman–Crippen LogP) is 4.76. The number of aromatic nitrogens is 2. The van der Waals surface area contributed by atoms with Gasteiger partial charge in [-0.05, 0) is 42.0 Å². The van der Waals surface area contributed by atoms with Crippen LogP contribution >= 0.6 is 12.0 Å². The van der Waals surface area contributed by atoms with Crippen LogP contribution in [0.15, 0.2) is 29.2 Å². The summed E-state index contributed by atoms with van der Waals surface area (Å²) in [5.41, 5.74) is 5.26. The SMILES string of the molecule is CCc1nn(Cc2ccc(SOOC)cc2)c(CC)c1C(C)C. The molecule has 0 radical (unpaired) electrons. The normalized spacial score (nSPS) is 11.4. The monoisotopic (exact) mass is 334 g/mol. The van der Waals surface area contributed by atoms with E-state index in [1.807, 2.05) is 12.1 Å². The summed E-state index contributed by atoms with van der Waals surface area (Å²) in [5, 5.41) is 4.85. The average molecular weight is 334 g/mol. The molecular formula is C18H26N2O2S. The van der Waals surface area contributed by atoms with Gasteiger partial charge in [-0.25, -0.2) is 4.89 Å². The molecule has 4 nitrogen and oxygen atoms in total. The molecule has 1 heterocycles. The van der Waals surface area contributed by atoms with Crippen LogP contribution in [0.25, 0.3) is 0 Å². The number of aryl methyl sites for hydroxylation is 1. The molecule has 0 unspecified atom stereocenters. The molecule has 0 spiro atoms. The minimum absolute atomic E-state index is 0.513. The fraction of sp³-hybridized carbons (Fsp3) is 0.500. The molecule has 0 bridgehead atoms. The first kappa shape index (κ1) is 18.0. The van der Waals surface area contributed by atoms with E-state index < -0.39 is 0 Å². The average Bonchev–Trinajstić information content (AvgIpc) is 2.91. The Morgan fingerprint density at radius 1 is 1.13 bits per heavy atom. The van der Waals surface area contributed by atoms with Crippen molar-refractivity contribution in [3.63, 3.8) is 0 Å². The van der Waals surface area contributed by atoms with Crippen LogP contribution < -0.4 is 0 Å². The topological polar surface area (TPSA) is 36.3 Å². The molecule has 1 aromatic heterocycles. The summed E-state index contributed by atoms with van der Waals surface area (Å²) in [6.07, 6.45) is 1.99. The van der Waals surface area contributed by atoms with E-state index >= 15 is 0 Å². The van der Waals surface area contributed by atoms with Crippen LogP contribution in [0.1, 0.15) is 56.1 Å². The quantitative estimate of drug-likeness (QED) is 0.396. The van der Waals surface area contributed by atoms with Gasteiger partial charge in [-0.15, -0.1) is 0 Å². The zero-order valence-electron chi connectivity index (χ0n) is 14.6. The van der Waals surface area contributed by atoms with E-state index in [1.165, 1.54) is 41.7 Å². The summed E-state index contributed by atoms with van der Waals surface area (Å²) in [6, 6.07) is 8.31. The van der Waals surface area contributed by atoms with Gasteiger partial charge in [-0.1, -0.05) is 39.8 Å². The van der Waals surface area contributed by atoms with E-state index in [2.05, 4.69) is 49.4 Å². The standard InChI is InChI=1S/C18H26N2O2S/c1-6-16-18(13(3)4)17(7-2)20(19-16)12-14-8-10-15(11-9-14)23-22-21-5/h8-11,13H,6-7,12H2,1-5H3. The highest BCUT2D eigenvalue weighted by atomic mass is 32.2. The minimum atomic E-state index is 0.513. The zero-order valence-corrected chi connectivity index (χ0v) is 15.4. The van der Waals surface area contributed by atoms with Crippen molar-refractivity contribution >= 4 is 12.0 Å². The third-order valence-corrected chi connectivity index (χ3v) is 4.54. The van der Waals surface area contributed by atoms with E-state index in [0.717, 1.165) is 24.3 Å². The predicted molar refractivity (Wildman–Crippen MR) is 94.6 cm³/mol. The molecule has 0 saturated carbocycles. The van der Waals surface area contributed by atoms with Crippen molar-refractivity contribution in [3.8, 4) is 0 Å². The van der Waals surface area contributed by atoms with Gasteiger partial charge in [0.2, 0.25) is 0 Å². The Balaban J connectivity index is 2.22. The van der Waals surface area contributed by atoms with Crippen molar-refractivity contribution in [1.29, 1.82) is 0 Å². The molecular weight excluding hydrogens is 308 g/mol. The lowest BCUT2D eigenvalue weighted by Crippen LogP contribution is -2.07. The maximum absolute atomic E-state index is 4.87.